The quantitative estimate of drug-likeness (QED) is 0.346. The summed E-state index contributed by atoms with van der Waals surface area (Å²) in [6, 6.07) is 31.8. The minimum absolute atomic E-state index is 0.437. The molecule has 0 atom stereocenters. The highest BCUT2D eigenvalue weighted by atomic mass is 32.2. The monoisotopic (exact) mass is 388 g/mol. The van der Waals surface area contributed by atoms with Gasteiger partial charge >= 0.3 is 0 Å². The first-order valence-electron chi connectivity index (χ1n) is 9.13. The summed E-state index contributed by atoms with van der Waals surface area (Å²) in [5.74, 6) is 2.01. The fraction of sp³-hybridized carbons (Fsp3) is 0.120. The van der Waals surface area contributed by atoms with Crippen LogP contribution in [-0.2, 0) is 0 Å². The summed E-state index contributed by atoms with van der Waals surface area (Å²) < 4.78 is 0.437. The van der Waals surface area contributed by atoms with Crippen LogP contribution in [0.25, 0.3) is 12.2 Å². The Morgan fingerprint density at radius 3 is 1.41 bits per heavy atom. The second-order valence-corrected chi connectivity index (χ2v) is 8.61. The Balaban J connectivity index is 1.54. The van der Waals surface area contributed by atoms with Gasteiger partial charge < -0.3 is 0 Å². The lowest BCUT2D eigenvalue weighted by Gasteiger charge is -2.15. The number of benzene rings is 3. The standard InChI is InChI=1S/C25H24S2/c1-4-12-22(13-5-1)16-10-20-26-25(24-18-8-3-9-19-24)27-21-11-17-23-14-6-2-7-15-23/h1-19,25H,20-21H2. The van der Waals surface area contributed by atoms with E-state index in [1.54, 1.807) is 0 Å². The second-order valence-electron chi connectivity index (χ2n) is 6.04. The van der Waals surface area contributed by atoms with Gasteiger partial charge in [-0.15, -0.1) is 23.5 Å². The molecule has 3 aromatic carbocycles. The molecule has 0 aliphatic heterocycles. The molecule has 0 amide bonds. The zero-order chi connectivity index (χ0) is 18.6. The van der Waals surface area contributed by atoms with Crippen LogP contribution in [0.3, 0.4) is 0 Å². The van der Waals surface area contributed by atoms with E-state index in [0.29, 0.717) is 4.58 Å². The van der Waals surface area contributed by atoms with Gasteiger partial charge in [-0.1, -0.05) is 115 Å². The first-order valence-corrected chi connectivity index (χ1v) is 11.2. The Kier molecular flexibility index (Phi) is 8.37. The number of thioether (sulfide) groups is 2. The average Bonchev–Trinajstić information content (AvgIpc) is 2.75. The van der Waals surface area contributed by atoms with Gasteiger partial charge in [-0.05, 0) is 16.7 Å². The van der Waals surface area contributed by atoms with E-state index < -0.39 is 0 Å². The van der Waals surface area contributed by atoms with Crippen molar-refractivity contribution in [3.8, 4) is 0 Å². The molecular formula is C25H24S2. The summed E-state index contributed by atoms with van der Waals surface area (Å²) in [4.78, 5) is 0. The number of rotatable bonds is 9. The van der Waals surface area contributed by atoms with Gasteiger partial charge in [0.05, 0.1) is 4.58 Å². The molecule has 0 saturated carbocycles. The van der Waals surface area contributed by atoms with E-state index >= 15 is 0 Å². The smallest absolute Gasteiger partial charge is 0.0757 e. The Bertz CT molecular complexity index is 770. The van der Waals surface area contributed by atoms with Crippen LogP contribution in [0.15, 0.2) is 103 Å². The van der Waals surface area contributed by atoms with Crippen LogP contribution in [0.4, 0.5) is 0 Å². The summed E-state index contributed by atoms with van der Waals surface area (Å²) in [7, 11) is 0. The molecule has 0 nitrogen and oxygen atoms in total. The Morgan fingerprint density at radius 2 is 0.963 bits per heavy atom. The van der Waals surface area contributed by atoms with Gasteiger partial charge in [-0.3, -0.25) is 0 Å². The number of hydrogen-bond acceptors (Lipinski definition) is 2. The lowest BCUT2D eigenvalue weighted by molar-refractivity contribution is 1.37. The van der Waals surface area contributed by atoms with E-state index in [1.807, 2.05) is 23.5 Å². The van der Waals surface area contributed by atoms with Crippen molar-refractivity contribution in [3.63, 3.8) is 0 Å². The Labute approximate surface area is 171 Å². The van der Waals surface area contributed by atoms with E-state index in [9.17, 15) is 0 Å². The summed E-state index contributed by atoms with van der Waals surface area (Å²) >= 11 is 3.96. The molecule has 0 radical (unpaired) electrons. The van der Waals surface area contributed by atoms with Gasteiger partial charge in [0, 0.05) is 11.5 Å². The van der Waals surface area contributed by atoms with Crippen molar-refractivity contribution in [2.24, 2.45) is 0 Å². The van der Waals surface area contributed by atoms with Crippen LogP contribution in [0, 0.1) is 0 Å². The molecule has 0 N–H and O–H groups in total. The SMILES string of the molecule is C(=Cc1ccccc1)CSC(SCC=Cc1ccccc1)c1ccccc1. The summed E-state index contributed by atoms with van der Waals surface area (Å²) in [6.45, 7) is 0. The van der Waals surface area contributed by atoms with Crippen molar-refractivity contribution in [2.75, 3.05) is 11.5 Å². The third-order valence-corrected chi connectivity index (χ3v) is 6.72. The highest BCUT2D eigenvalue weighted by Gasteiger charge is 2.10. The molecule has 0 fully saturated rings. The van der Waals surface area contributed by atoms with E-state index in [-0.39, 0.29) is 0 Å². The topological polar surface area (TPSA) is 0 Å². The molecule has 3 aromatic rings. The highest BCUT2D eigenvalue weighted by molar-refractivity contribution is 8.16. The first-order chi connectivity index (χ1) is 13.4. The third-order valence-electron chi connectivity index (χ3n) is 3.98. The maximum atomic E-state index is 2.26. The van der Waals surface area contributed by atoms with Crippen molar-refractivity contribution < 1.29 is 0 Å². The molecule has 27 heavy (non-hydrogen) atoms. The Morgan fingerprint density at radius 1 is 0.556 bits per heavy atom. The second kappa shape index (κ2) is 11.5. The molecule has 0 bridgehead atoms. The molecule has 0 aliphatic rings. The molecule has 3 rings (SSSR count). The maximum absolute atomic E-state index is 2.26. The normalized spacial score (nSPS) is 12.6. The van der Waals surface area contributed by atoms with Crippen molar-refractivity contribution in [1.29, 1.82) is 0 Å². The van der Waals surface area contributed by atoms with Crippen LogP contribution < -0.4 is 0 Å². The molecule has 2 heteroatoms. The molecule has 0 spiro atoms. The fourth-order valence-electron chi connectivity index (χ4n) is 2.63. The molecule has 0 saturated heterocycles. The van der Waals surface area contributed by atoms with Gasteiger partial charge in [0.2, 0.25) is 0 Å². The summed E-state index contributed by atoms with van der Waals surface area (Å²) in [5, 5.41) is 0. The fourth-order valence-corrected chi connectivity index (χ4v) is 4.95. The van der Waals surface area contributed by atoms with Crippen LogP contribution in [0.2, 0.25) is 0 Å². The Hall–Kier alpha value is -2.16. The van der Waals surface area contributed by atoms with Crippen LogP contribution in [0.1, 0.15) is 21.3 Å². The molecular weight excluding hydrogens is 364 g/mol. The van der Waals surface area contributed by atoms with Crippen molar-refractivity contribution in [3.05, 3.63) is 120 Å². The van der Waals surface area contributed by atoms with Gasteiger partial charge in [0.25, 0.3) is 0 Å². The first kappa shape index (κ1) is 19.6. The van der Waals surface area contributed by atoms with Crippen LogP contribution in [-0.4, -0.2) is 11.5 Å². The zero-order valence-corrected chi connectivity index (χ0v) is 16.9. The van der Waals surface area contributed by atoms with Crippen LogP contribution >= 0.6 is 23.5 Å². The van der Waals surface area contributed by atoms with Crippen molar-refractivity contribution >= 4 is 35.7 Å². The van der Waals surface area contributed by atoms with Gasteiger partial charge in [-0.2, -0.15) is 0 Å². The summed E-state index contributed by atoms with van der Waals surface area (Å²) in [5.41, 5.74) is 3.90. The van der Waals surface area contributed by atoms with Crippen LogP contribution in [0.5, 0.6) is 0 Å². The average molecular weight is 389 g/mol. The highest BCUT2D eigenvalue weighted by Crippen LogP contribution is 2.39. The lowest BCUT2D eigenvalue weighted by Crippen LogP contribution is -1.91. The molecule has 0 heterocycles. The molecule has 136 valence electrons. The van der Waals surface area contributed by atoms with Gasteiger partial charge in [0.1, 0.15) is 0 Å². The molecule has 0 aliphatic carbocycles. The molecule has 0 aromatic heterocycles. The van der Waals surface area contributed by atoms with Gasteiger partial charge in [0.15, 0.2) is 0 Å². The van der Waals surface area contributed by atoms with Gasteiger partial charge in [-0.25, -0.2) is 0 Å². The van der Waals surface area contributed by atoms with E-state index in [0.717, 1.165) is 11.5 Å². The van der Waals surface area contributed by atoms with E-state index in [2.05, 4.69) is 115 Å². The van der Waals surface area contributed by atoms with Crippen molar-refractivity contribution in [1.82, 2.24) is 0 Å². The van der Waals surface area contributed by atoms with Crippen molar-refractivity contribution in [2.45, 2.75) is 4.58 Å². The summed E-state index contributed by atoms with van der Waals surface area (Å²) in [6.07, 6.45) is 8.93. The number of hydrogen-bond donors (Lipinski definition) is 0. The minimum atomic E-state index is 0.437. The minimum Gasteiger partial charge on any atom is -0.139 e. The van der Waals surface area contributed by atoms with E-state index in [4.69, 9.17) is 0 Å². The third kappa shape index (κ3) is 7.16. The lowest BCUT2D eigenvalue weighted by atomic mass is 10.2. The largest absolute Gasteiger partial charge is 0.139 e. The maximum Gasteiger partial charge on any atom is 0.0757 e. The van der Waals surface area contributed by atoms with E-state index in [1.165, 1.54) is 16.7 Å². The predicted molar refractivity (Wildman–Crippen MR) is 125 cm³/mol. The zero-order valence-electron chi connectivity index (χ0n) is 15.3. The predicted octanol–water partition coefficient (Wildman–Crippen LogP) is 7.58. The molecule has 0 unspecified atom stereocenters.